The van der Waals surface area contributed by atoms with Crippen molar-refractivity contribution in [3.8, 4) is 0 Å². The number of hydrogen-bond donors (Lipinski definition) is 2. The summed E-state index contributed by atoms with van der Waals surface area (Å²) in [7, 11) is 0. The predicted octanol–water partition coefficient (Wildman–Crippen LogP) is 2.02. The van der Waals surface area contributed by atoms with Crippen LogP contribution in [0.25, 0.3) is 0 Å². The predicted molar refractivity (Wildman–Crippen MR) is 90.9 cm³/mol. The van der Waals surface area contributed by atoms with Crippen LogP contribution in [0.15, 0.2) is 29.6 Å². The number of nitrogens with zero attached hydrogens (tertiary/aromatic N) is 2. The first-order valence-electron chi connectivity index (χ1n) is 7.53. The molecular weight excluding hydrogens is 312 g/mol. The Hall–Kier alpha value is -2.25. The molecule has 2 heterocycles. The van der Waals surface area contributed by atoms with Crippen LogP contribution in [0.3, 0.4) is 0 Å². The van der Waals surface area contributed by atoms with Gasteiger partial charge >= 0.3 is 0 Å². The third-order valence-corrected chi connectivity index (χ3v) is 4.56. The fourth-order valence-corrected chi connectivity index (χ4v) is 3.29. The number of aromatic nitrogens is 1. The van der Waals surface area contributed by atoms with Crippen molar-refractivity contribution in [3.05, 3.63) is 40.3 Å². The molecule has 0 atom stereocenters. The standard InChI is InChI=1S/C16H18N4O2S/c17-8-7-14-19-13(10-23-14)16(22)18-11-3-5-12(6-4-11)20-9-1-2-15(20)21/h3-6,10H,1-2,7-9,17H2,(H,18,22). The quantitative estimate of drug-likeness (QED) is 0.878. The zero-order valence-corrected chi connectivity index (χ0v) is 13.4. The molecule has 0 unspecified atom stereocenters. The Morgan fingerprint density at radius 2 is 2.13 bits per heavy atom. The summed E-state index contributed by atoms with van der Waals surface area (Å²) in [5.41, 5.74) is 7.43. The van der Waals surface area contributed by atoms with Gasteiger partial charge in [0.2, 0.25) is 5.91 Å². The van der Waals surface area contributed by atoms with E-state index in [0.29, 0.717) is 30.8 Å². The highest BCUT2D eigenvalue weighted by molar-refractivity contribution is 7.09. The van der Waals surface area contributed by atoms with Crippen LogP contribution in [0.5, 0.6) is 0 Å². The highest BCUT2D eigenvalue weighted by Crippen LogP contribution is 2.23. The molecule has 1 saturated heterocycles. The van der Waals surface area contributed by atoms with Gasteiger partial charge in [-0.2, -0.15) is 0 Å². The Balaban J connectivity index is 1.65. The van der Waals surface area contributed by atoms with Crippen LogP contribution < -0.4 is 16.0 Å². The lowest BCUT2D eigenvalue weighted by molar-refractivity contribution is -0.117. The minimum atomic E-state index is -0.241. The van der Waals surface area contributed by atoms with Gasteiger partial charge in [-0.3, -0.25) is 9.59 Å². The van der Waals surface area contributed by atoms with Crippen LogP contribution in [0.4, 0.5) is 11.4 Å². The van der Waals surface area contributed by atoms with Gasteiger partial charge in [0.05, 0.1) is 5.01 Å². The summed E-state index contributed by atoms with van der Waals surface area (Å²) in [6.45, 7) is 1.28. The first-order chi connectivity index (χ1) is 11.2. The minimum Gasteiger partial charge on any atom is -0.330 e. The number of carbonyl (C=O) groups is 2. The molecule has 1 fully saturated rings. The van der Waals surface area contributed by atoms with Gasteiger partial charge in [0.1, 0.15) is 5.69 Å². The molecule has 1 aliphatic heterocycles. The van der Waals surface area contributed by atoms with E-state index in [1.54, 1.807) is 22.4 Å². The number of carbonyl (C=O) groups excluding carboxylic acids is 2. The van der Waals surface area contributed by atoms with Crippen molar-refractivity contribution in [1.29, 1.82) is 0 Å². The summed E-state index contributed by atoms with van der Waals surface area (Å²) in [6, 6.07) is 7.29. The largest absolute Gasteiger partial charge is 0.330 e. The average molecular weight is 330 g/mol. The van der Waals surface area contributed by atoms with E-state index < -0.39 is 0 Å². The van der Waals surface area contributed by atoms with Crippen LogP contribution in [0.1, 0.15) is 28.3 Å². The molecule has 1 aromatic carbocycles. The number of thiazole rings is 1. The van der Waals surface area contributed by atoms with Crippen molar-refractivity contribution in [3.63, 3.8) is 0 Å². The van der Waals surface area contributed by atoms with E-state index in [1.165, 1.54) is 11.3 Å². The third-order valence-electron chi connectivity index (χ3n) is 3.65. The zero-order chi connectivity index (χ0) is 16.2. The molecule has 23 heavy (non-hydrogen) atoms. The molecule has 0 aliphatic carbocycles. The summed E-state index contributed by atoms with van der Waals surface area (Å²) in [4.78, 5) is 29.9. The monoisotopic (exact) mass is 330 g/mol. The molecule has 120 valence electrons. The molecule has 7 heteroatoms. The molecule has 0 bridgehead atoms. The first kappa shape index (κ1) is 15.6. The van der Waals surface area contributed by atoms with Gasteiger partial charge in [0.15, 0.2) is 0 Å². The Morgan fingerprint density at radius 3 is 2.78 bits per heavy atom. The maximum absolute atomic E-state index is 12.2. The van der Waals surface area contributed by atoms with Crippen molar-refractivity contribution in [1.82, 2.24) is 4.98 Å². The van der Waals surface area contributed by atoms with Crippen molar-refractivity contribution >= 4 is 34.5 Å². The number of hydrogen-bond acceptors (Lipinski definition) is 5. The Morgan fingerprint density at radius 1 is 1.35 bits per heavy atom. The second-order valence-corrected chi connectivity index (χ2v) is 6.26. The van der Waals surface area contributed by atoms with Gasteiger partial charge in [-0.05, 0) is 37.2 Å². The van der Waals surface area contributed by atoms with E-state index in [-0.39, 0.29) is 11.8 Å². The second kappa shape index (κ2) is 6.89. The number of nitrogens with one attached hydrogen (secondary N) is 1. The molecule has 6 nitrogen and oxygen atoms in total. The van der Waals surface area contributed by atoms with Crippen LogP contribution in [-0.4, -0.2) is 29.9 Å². The number of anilines is 2. The lowest BCUT2D eigenvalue weighted by atomic mass is 10.2. The Bertz CT molecular complexity index is 711. The summed E-state index contributed by atoms with van der Waals surface area (Å²) in [5.74, 6) is -0.0915. The van der Waals surface area contributed by atoms with Crippen LogP contribution >= 0.6 is 11.3 Å². The summed E-state index contributed by atoms with van der Waals surface area (Å²) in [6.07, 6.45) is 2.18. The summed E-state index contributed by atoms with van der Waals surface area (Å²) < 4.78 is 0. The van der Waals surface area contributed by atoms with Gasteiger partial charge in [0.25, 0.3) is 5.91 Å². The molecule has 2 aromatic rings. The molecular formula is C16H18N4O2S. The number of amides is 2. The SMILES string of the molecule is NCCc1nc(C(=O)Nc2ccc(N3CCCC3=O)cc2)cs1. The van der Waals surface area contributed by atoms with Gasteiger partial charge in [0, 0.05) is 36.1 Å². The van der Waals surface area contributed by atoms with E-state index in [0.717, 1.165) is 23.7 Å². The maximum atomic E-state index is 12.2. The van der Waals surface area contributed by atoms with E-state index in [2.05, 4.69) is 10.3 Å². The molecule has 0 saturated carbocycles. The average Bonchev–Trinajstić information content (AvgIpc) is 3.18. The molecule has 3 N–H and O–H groups in total. The van der Waals surface area contributed by atoms with E-state index >= 15 is 0 Å². The fourth-order valence-electron chi connectivity index (χ4n) is 2.49. The molecule has 0 radical (unpaired) electrons. The summed E-state index contributed by atoms with van der Waals surface area (Å²) in [5, 5.41) is 5.41. The second-order valence-electron chi connectivity index (χ2n) is 5.32. The molecule has 1 aromatic heterocycles. The number of rotatable bonds is 5. The van der Waals surface area contributed by atoms with Gasteiger partial charge < -0.3 is 16.0 Å². The number of nitrogens with two attached hydrogens (primary N) is 1. The van der Waals surface area contributed by atoms with Crippen molar-refractivity contribution in [2.24, 2.45) is 5.73 Å². The highest BCUT2D eigenvalue weighted by Gasteiger charge is 2.21. The molecule has 0 spiro atoms. The lowest BCUT2D eigenvalue weighted by Crippen LogP contribution is -2.23. The van der Waals surface area contributed by atoms with Crippen LogP contribution in [-0.2, 0) is 11.2 Å². The summed E-state index contributed by atoms with van der Waals surface area (Å²) >= 11 is 1.44. The molecule has 1 aliphatic rings. The van der Waals surface area contributed by atoms with Gasteiger partial charge in [-0.1, -0.05) is 0 Å². The third kappa shape index (κ3) is 3.57. The zero-order valence-electron chi connectivity index (χ0n) is 12.6. The topological polar surface area (TPSA) is 88.3 Å². The fraction of sp³-hybridized carbons (Fsp3) is 0.312. The van der Waals surface area contributed by atoms with Crippen molar-refractivity contribution in [2.75, 3.05) is 23.3 Å². The molecule has 2 amide bonds. The molecule has 3 rings (SSSR count). The minimum absolute atomic E-state index is 0.150. The Labute approximate surface area is 138 Å². The van der Waals surface area contributed by atoms with Crippen molar-refractivity contribution in [2.45, 2.75) is 19.3 Å². The smallest absolute Gasteiger partial charge is 0.275 e. The lowest BCUT2D eigenvalue weighted by Gasteiger charge is -2.16. The van der Waals surface area contributed by atoms with Gasteiger partial charge in [-0.15, -0.1) is 11.3 Å². The normalized spacial score (nSPS) is 14.3. The van der Waals surface area contributed by atoms with Crippen LogP contribution in [0, 0.1) is 0 Å². The Kier molecular flexibility index (Phi) is 4.68. The van der Waals surface area contributed by atoms with Crippen LogP contribution in [0.2, 0.25) is 0 Å². The van der Waals surface area contributed by atoms with E-state index in [1.807, 2.05) is 12.1 Å². The first-order valence-corrected chi connectivity index (χ1v) is 8.41. The van der Waals surface area contributed by atoms with E-state index in [4.69, 9.17) is 5.73 Å². The van der Waals surface area contributed by atoms with Gasteiger partial charge in [-0.25, -0.2) is 4.98 Å². The van der Waals surface area contributed by atoms with Crippen molar-refractivity contribution < 1.29 is 9.59 Å². The number of benzene rings is 1. The highest BCUT2D eigenvalue weighted by atomic mass is 32.1. The van der Waals surface area contributed by atoms with E-state index in [9.17, 15) is 9.59 Å². The maximum Gasteiger partial charge on any atom is 0.275 e.